The van der Waals surface area contributed by atoms with Gasteiger partial charge < -0.3 is 15.3 Å². The van der Waals surface area contributed by atoms with Gasteiger partial charge in [-0.25, -0.2) is 0 Å². The van der Waals surface area contributed by atoms with Crippen molar-refractivity contribution in [3.8, 4) is 0 Å². The molecule has 0 aromatic carbocycles. The number of aliphatic carboxylic acids is 2. The number of carbonyl (C=O) groups is 2. The van der Waals surface area contributed by atoms with Gasteiger partial charge in [0, 0.05) is 12.0 Å². The number of aliphatic hydroxyl groups excluding tert-OH is 1. The second-order valence-corrected chi connectivity index (χ2v) is 7.02. The van der Waals surface area contributed by atoms with Crippen molar-refractivity contribution in [1.29, 1.82) is 0 Å². The largest absolute Gasteiger partial charge is 0.481 e. The zero-order chi connectivity index (χ0) is 16.5. The number of aliphatic hydroxyl groups is 1. The van der Waals surface area contributed by atoms with Crippen LogP contribution in [0.1, 0.15) is 46.0 Å². The van der Waals surface area contributed by atoms with Gasteiger partial charge in [-0.15, -0.1) is 0 Å². The Morgan fingerprint density at radius 1 is 1.23 bits per heavy atom. The minimum Gasteiger partial charge on any atom is -0.481 e. The van der Waals surface area contributed by atoms with Gasteiger partial charge in [0.2, 0.25) is 0 Å². The summed E-state index contributed by atoms with van der Waals surface area (Å²) in [5.74, 6) is -4.00. The van der Waals surface area contributed by atoms with Crippen molar-refractivity contribution < 1.29 is 24.9 Å². The van der Waals surface area contributed by atoms with Gasteiger partial charge in [0.25, 0.3) is 0 Å². The van der Waals surface area contributed by atoms with E-state index in [0.29, 0.717) is 19.3 Å². The first kappa shape index (κ1) is 17.0. The number of allylic oxidation sites excluding steroid dienone is 2. The standard InChI is InChI=1S/C17H26O5/c1-3-16(4-2,10-18)9-17-7-5-11(6-8-17)12(14(19)20)13(17)15(21)22/h5,7,11-13,18H,3-4,6,8-10H2,1-2H3,(H,19,20)(H,21,22). The van der Waals surface area contributed by atoms with E-state index in [9.17, 15) is 24.9 Å². The number of rotatable bonds is 7. The number of carboxylic acid groups (broad SMARTS) is 2. The van der Waals surface area contributed by atoms with Gasteiger partial charge in [-0.3, -0.25) is 9.59 Å². The van der Waals surface area contributed by atoms with Crippen LogP contribution in [0.5, 0.6) is 0 Å². The molecule has 0 heterocycles. The van der Waals surface area contributed by atoms with Crippen molar-refractivity contribution in [3.63, 3.8) is 0 Å². The monoisotopic (exact) mass is 310 g/mol. The van der Waals surface area contributed by atoms with Crippen molar-refractivity contribution in [2.45, 2.75) is 46.0 Å². The van der Waals surface area contributed by atoms with Gasteiger partial charge >= 0.3 is 11.9 Å². The molecule has 4 unspecified atom stereocenters. The predicted octanol–water partition coefficient (Wildman–Crippen LogP) is 2.54. The molecule has 3 rings (SSSR count). The van der Waals surface area contributed by atoms with Crippen LogP contribution in [0.25, 0.3) is 0 Å². The molecule has 3 aliphatic carbocycles. The zero-order valence-corrected chi connectivity index (χ0v) is 13.3. The molecule has 5 nitrogen and oxygen atoms in total. The quantitative estimate of drug-likeness (QED) is 0.628. The topological polar surface area (TPSA) is 94.8 Å². The first-order valence-corrected chi connectivity index (χ1v) is 8.10. The smallest absolute Gasteiger partial charge is 0.308 e. The Kier molecular flexibility index (Phi) is 4.66. The van der Waals surface area contributed by atoms with Gasteiger partial charge in [-0.2, -0.15) is 0 Å². The lowest BCUT2D eigenvalue weighted by Gasteiger charge is -2.53. The van der Waals surface area contributed by atoms with Crippen molar-refractivity contribution in [2.24, 2.45) is 28.6 Å². The van der Waals surface area contributed by atoms with Crippen LogP contribution in [0.3, 0.4) is 0 Å². The Morgan fingerprint density at radius 3 is 2.23 bits per heavy atom. The van der Waals surface area contributed by atoms with Gasteiger partial charge in [0.1, 0.15) is 0 Å². The third-order valence-electron chi connectivity index (χ3n) is 6.15. The maximum Gasteiger partial charge on any atom is 0.308 e. The molecule has 0 aliphatic heterocycles. The molecule has 1 saturated carbocycles. The van der Waals surface area contributed by atoms with Crippen molar-refractivity contribution in [2.75, 3.05) is 6.61 Å². The van der Waals surface area contributed by atoms with E-state index in [1.807, 2.05) is 26.0 Å². The van der Waals surface area contributed by atoms with E-state index in [2.05, 4.69) is 0 Å². The number of carboxylic acids is 2. The van der Waals surface area contributed by atoms with E-state index < -0.39 is 29.2 Å². The molecule has 0 aromatic heterocycles. The maximum atomic E-state index is 11.9. The normalized spacial score (nSPS) is 33.9. The lowest BCUT2D eigenvalue weighted by Crippen LogP contribution is -2.53. The van der Waals surface area contributed by atoms with Gasteiger partial charge in [-0.1, -0.05) is 26.0 Å². The molecule has 0 saturated heterocycles. The van der Waals surface area contributed by atoms with Crippen LogP contribution in [0.15, 0.2) is 12.2 Å². The molecule has 124 valence electrons. The van der Waals surface area contributed by atoms with E-state index >= 15 is 0 Å². The number of fused-ring (bicyclic) bond motifs is 2. The maximum absolute atomic E-state index is 11.9. The average molecular weight is 310 g/mol. The molecule has 5 heteroatoms. The molecule has 0 radical (unpaired) electrons. The fourth-order valence-corrected chi connectivity index (χ4v) is 4.55. The first-order valence-electron chi connectivity index (χ1n) is 8.10. The molecule has 2 bridgehead atoms. The minimum absolute atomic E-state index is 0.00307. The van der Waals surface area contributed by atoms with Crippen LogP contribution in [0.4, 0.5) is 0 Å². The summed E-state index contributed by atoms with van der Waals surface area (Å²) in [6.45, 7) is 4.00. The van der Waals surface area contributed by atoms with E-state index in [1.165, 1.54) is 0 Å². The van der Waals surface area contributed by atoms with E-state index in [1.54, 1.807) is 0 Å². The summed E-state index contributed by atoms with van der Waals surface area (Å²) in [5.41, 5.74) is -0.996. The van der Waals surface area contributed by atoms with Crippen LogP contribution >= 0.6 is 0 Å². The summed E-state index contributed by atoms with van der Waals surface area (Å²) in [5, 5.41) is 29.1. The molecule has 3 aliphatic rings. The lowest BCUT2D eigenvalue weighted by atomic mass is 9.50. The SMILES string of the molecule is CCC(CC)(CO)CC12C=CC(CC1)C(C(=O)O)C2C(=O)O. The molecule has 3 N–H and O–H groups in total. The molecule has 0 amide bonds. The highest BCUT2D eigenvalue weighted by atomic mass is 16.4. The van der Waals surface area contributed by atoms with Gasteiger partial charge in [0.05, 0.1) is 11.8 Å². The molecule has 0 spiro atoms. The van der Waals surface area contributed by atoms with E-state index in [4.69, 9.17) is 0 Å². The highest BCUT2D eigenvalue weighted by Gasteiger charge is 2.58. The summed E-state index contributed by atoms with van der Waals surface area (Å²) in [7, 11) is 0. The first-order chi connectivity index (χ1) is 10.3. The third kappa shape index (κ3) is 2.56. The predicted molar refractivity (Wildman–Crippen MR) is 81.3 cm³/mol. The van der Waals surface area contributed by atoms with Gasteiger partial charge in [0.15, 0.2) is 0 Å². The molecular weight excluding hydrogens is 284 g/mol. The van der Waals surface area contributed by atoms with Gasteiger partial charge in [-0.05, 0) is 43.4 Å². The molecular formula is C17H26O5. The van der Waals surface area contributed by atoms with Crippen molar-refractivity contribution in [3.05, 3.63) is 12.2 Å². The van der Waals surface area contributed by atoms with Crippen LogP contribution in [-0.4, -0.2) is 33.9 Å². The fourth-order valence-electron chi connectivity index (χ4n) is 4.55. The molecule has 22 heavy (non-hydrogen) atoms. The van der Waals surface area contributed by atoms with E-state index in [-0.39, 0.29) is 17.9 Å². The highest BCUT2D eigenvalue weighted by Crippen LogP contribution is 2.58. The molecule has 4 atom stereocenters. The van der Waals surface area contributed by atoms with Crippen molar-refractivity contribution in [1.82, 2.24) is 0 Å². The Hall–Kier alpha value is -1.36. The van der Waals surface area contributed by atoms with Crippen LogP contribution in [-0.2, 0) is 9.59 Å². The average Bonchev–Trinajstić information content (AvgIpc) is 2.52. The molecule has 1 fully saturated rings. The minimum atomic E-state index is -1.03. The van der Waals surface area contributed by atoms with Crippen LogP contribution in [0, 0.1) is 28.6 Å². The Morgan fingerprint density at radius 2 is 1.86 bits per heavy atom. The molecule has 0 aromatic rings. The fraction of sp³-hybridized carbons (Fsp3) is 0.765. The number of hydrogen-bond donors (Lipinski definition) is 3. The zero-order valence-electron chi connectivity index (χ0n) is 13.3. The summed E-state index contributed by atoms with van der Waals surface area (Å²) in [6.07, 6.45) is 7.28. The number of hydrogen-bond acceptors (Lipinski definition) is 3. The summed E-state index contributed by atoms with van der Waals surface area (Å²) < 4.78 is 0. The summed E-state index contributed by atoms with van der Waals surface area (Å²) in [6, 6.07) is 0. The second-order valence-electron chi connectivity index (χ2n) is 7.02. The Bertz CT molecular complexity index is 471. The van der Waals surface area contributed by atoms with Crippen LogP contribution < -0.4 is 0 Å². The third-order valence-corrected chi connectivity index (χ3v) is 6.15. The van der Waals surface area contributed by atoms with Crippen LogP contribution in [0.2, 0.25) is 0 Å². The van der Waals surface area contributed by atoms with Crippen molar-refractivity contribution >= 4 is 11.9 Å². The highest BCUT2D eigenvalue weighted by molar-refractivity contribution is 5.82. The Balaban J connectivity index is 2.45. The second kappa shape index (κ2) is 6.03. The Labute approximate surface area is 131 Å². The summed E-state index contributed by atoms with van der Waals surface area (Å²) >= 11 is 0. The van der Waals surface area contributed by atoms with E-state index in [0.717, 1.165) is 12.8 Å². The summed E-state index contributed by atoms with van der Waals surface area (Å²) in [4.78, 5) is 23.5. The lowest BCUT2D eigenvalue weighted by molar-refractivity contribution is -0.167.